The Morgan fingerprint density at radius 2 is 1.54 bits per heavy atom. The zero-order valence-corrected chi connectivity index (χ0v) is 14.0. The van der Waals surface area contributed by atoms with E-state index in [-0.39, 0.29) is 0 Å². The number of rotatable bonds is 1. The average Bonchev–Trinajstić information content (AvgIpc) is 2.93. The van der Waals surface area contributed by atoms with Crippen LogP contribution < -0.4 is 0 Å². The monoisotopic (exact) mass is 317 g/mol. The summed E-state index contributed by atoms with van der Waals surface area (Å²) < 4.78 is 5.49. The first kappa shape index (κ1) is 16.0. The lowest BCUT2D eigenvalue weighted by molar-refractivity contribution is -0.140. The second-order valence-electron chi connectivity index (χ2n) is 6.75. The number of nitrogens with zero attached hydrogens (tertiary/aromatic N) is 1. The van der Waals surface area contributed by atoms with Crippen molar-refractivity contribution in [2.24, 2.45) is 10.4 Å². The summed E-state index contributed by atoms with van der Waals surface area (Å²) in [6.45, 7) is 5.85. The number of aliphatic imine (C=N–C) groups is 1. The molecule has 0 spiro atoms. The molecule has 0 N–H and O–H groups in total. The first-order valence-electron chi connectivity index (χ1n) is 7.88. The van der Waals surface area contributed by atoms with Gasteiger partial charge in [-0.2, -0.15) is 0 Å². The lowest BCUT2D eigenvalue weighted by Crippen LogP contribution is -2.45. The Labute approximate surface area is 142 Å². The van der Waals surface area contributed by atoms with Crippen molar-refractivity contribution in [1.29, 1.82) is 0 Å². The van der Waals surface area contributed by atoms with Gasteiger partial charge in [0.15, 0.2) is 0 Å². The van der Waals surface area contributed by atoms with E-state index in [9.17, 15) is 4.79 Å². The minimum atomic E-state index is -1.21. The lowest BCUT2D eigenvalue weighted by Gasteiger charge is -2.30. The molecule has 0 unspecified atom stereocenters. The molecule has 3 rings (SSSR count). The van der Waals surface area contributed by atoms with Crippen molar-refractivity contribution in [3.8, 4) is 11.8 Å². The second kappa shape index (κ2) is 5.98. The predicted octanol–water partition coefficient (Wildman–Crippen LogP) is 3.83. The third-order valence-corrected chi connectivity index (χ3v) is 4.02. The van der Waals surface area contributed by atoms with E-state index < -0.39 is 16.9 Å². The first-order valence-corrected chi connectivity index (χ1v) is 7.88. The van der Waals surface area contributed by atoms with Crippen LogP contribution in [0.5, 0.6) is 0 Å². The van der Waals surface area contributed by atoms with Gasteiger partial charge in [-0.05, 0) is 24.3 Å². The molecule has 1 atom stereocenters. The van der Waals surface area contributed by atoms with Crippen LogP contribution in [0.25, 0.3) is 0 Å². The molecule has 2 aromatic carbocycles. The number of cyclic esters (lactones) is 1. The summed E-state index contributed by atoms with van der Waals surface area (Å²) in [6.07, 6.45) is 0. The highest BCUT2D eigenvalue weighted by Gasteiger charge is 2.54. The van der Waals surface area contributed by atoms with Crippen molar-refractivity contribution in [3.63, 3.8) is 0 Å². The molecule has 0 saturated heterocycles. The minimum Gasteiger partial charge on any atom is -0.405 e. The van der Waals surface area contributed by atoms with Crippen molar-refractivity contribution in [2.45, 2.75) is 26.3 Å². The Balaban J connectivity index is 2.09. The largest absolute Gasteiger partial charge is 0.405 e. The van der Waals surface area contributed by atoms with Crippen molar-refractivity contribution >= 4 is 11.9 Å². The first-order chi connectivity index (χ1) is 11.4. The number of hydrogen-bond donors (Lipinski definition) is 0. The van der Waals surface area contributed by atoms with E-state index in [0.717, 1.165) is 11.1 Å². The van der Waals surface area contributed by atoms with Crippen molar-refractivity contribution < 1.29 is 9.53 Å². The normalized spacial score (nSPS) is 20.0. The summed E-state index contributed by atoms with van der Waals surface area (Å²) >= 11 is 0. The molecule has 0 aliphatic carbocycles. The van der Waals surface area contributed by atoms with Gasteiger partial charge in [-0.25, -0.2) is 9.79 Å². The fourth-order valence-corrected chi connectivity index (χ4v) is 2.51. The van der Waals surface area contributed by atoms with Crippen LogP contribution in [-0.4, -0.2) is 17.4 Å². The Morgan fingerprint density at radius 3 is 2.12 bits per heavy atom. The van der Waals surface area contributed by atoms with Gasteiger partial charge in [-0.1, -0.05) is 69.0 Å². The highest BCUT2D eigenvalue weighted by atomic mass is 16.6. The molecule has 3 nitrogen and oxygen atoms in total. The van der Waals surface area contributed by atoms with Crippen molar-refractivity contribution in [2.75, 3.05) is 0 Å². The molecule has 0 saturated carbocycles. The van der Waals surface area contributed by atoms with Gasteiger partial charge in [0.05, 0.1) is 0 Å². The van der Waals surface area contributed by atoms with E-state index in [2.05, 4.69) is 16.8 Å². The topological polar surface area (TPSA) is 38.7 Å². The molecule has 0 bridgehead atoms. The van der Waals surface area contributed by atoms with Crippen molar-refractivity contribution in [1.82, 2.24) is 0 Å². The molecule has 1 aliphatic rings. The van der Waals surface area contributed by atoms with Gasteiger partial charge in [-0.15, -0.1) is 0 Å². The fourth-order valence-electron chi connectivity index (χ4n) is 2.51. The maximum absolute atomic E-state index is 12.7. The van der Waals surface area contributed by atoms with Gasteiger partial charge in [0.25, 0.3) is 0 Å². The molecule has 120 valence electrons. The highest BCUT2D eigenvalue weighted by Crippen LogP contribution is 2.39. The number of hydrogen-bond acceptors (Lipinski definition) is 3. The number of ether oxygens (including phenoxy) is 1. The summed E-state index contributed by atoms with van der Waals surface area (Å²) in [4.78, 5) is 17.3. The molecular weight excluding hydrogens is 298 g/mol. The maximum Gasteiger partial charge on any atom is 0.354 e. The molecule has 1 heterocycles. The molecule has 0 fully saturated rings. The summed E-state index contributed by atoms with van der Waals surface area (Å²) in [7, 11) is 0. The Morgan fingerprint density at radius 1 is 0.958 bits per heavy atom. The number of esters is 1. The van der Waals surface area contributed by atoms with Crippen LogP contribution in [0.4, 0.5) is 0 Å². The summed E-state index contributed by atoms with van der Waals surface area (Å²) in [6, 6.07) is 19.0. The number of carbonyl (C=O) groups excluding carboxylic acids is 1. The standard InChI is InChI=1S/C21H19NO2/c1-20(2,3)21(15-14-16-10-6-4-7-11-16)19(23)24-18(22-21)17-12-8-5-9-13-17/h4-13H,1-3H3/t21-/m1/s1. The zero-order valence-electron chi connectivity index (χ0n) is 14.0. The van der Waals surface area contributed by atoms with Crippen molar-refractivity contribution in [3.05, 3.63) is 71.8 Å². The predicted molar refractivity (Wildman–Crippen MR) is 94.6 cm³/mol. The van der Waals surface area contributed by atoms with Gasteiger partial charge < -0.3 is 4.74 Å². The fraction of sp³-hybridized carbons (Fsp3) is 0.238. The van der Waals surface area contributed by atoms with Gasteiger partial charge in [-0.3, -0.25) is 0 Å². The van der Waals surface area contributed by atoms with Gasteiger partial charge >= 0.3 is 5.97 Å². The van der Waals surface area contributed by atoms with E-state index >= 15 is 0 Å². The van der Waals surface area contributed by atoms with Crippen LogP contribution in [0.2, 0.25) is 0 Å². The SMILES string of the molecule is CC(C)(C)[C@]1(C#Cc2ccccc2)N=C(c2ccccc2)OC1=O. The van der Waals surface area contributed by atoms with Crippen LogP contribution in [0.15, 0.2) is 65.7 Å². The molecule has 3 heteroatoms. The second-order valence-corrected chi connectivity index (χ2v) is 6.75. The quantitative estimate of drug-likeness (QED) is 0.592. The third-order valence-electron chi connectivity index (χ3n) is 4.02. The van der Waals surface area contributed by atoms with Crippen LogP contribution in [0.1, 0.15) is 31.9 Å². The molecule has 0 aromatic heterocycles. The zero-order chi connectivity index (χ0) is 17.2. The highest BCUT2D eigenvalue weighted by molar-refractivity contribution is 6.09. The van der Waals surface area contributed by atoms with E-state index in [1.54, 1.807) is 0 Å². The molecule has 1 aliphatic heterocycles. The summed E-state index contributed by atoms with van der Waals surface area (Å²) in [5, 5.41) is 0. The Hall–Kier alpha value is -2.86. The Kier molecular flexibility index (Phi) is 3.99. The summed E-state index contributed by atoms with van der Waals surface area (Å²) in [5.41, 5.74) is -0.0908. The maximum atomic E-state index is 12.7. The van der Waals surface area contributed by atoms with Crippen LogP contribution in [0.3, 0.4) is 0 Å². The average molecular weight is 317 g/mol. The van der Waals surface area contributed by atoms with Gasteiger partial charge in [0.2, 0.25) is 11.4 Å². The minimum absolute atomic E-state index is 0.331. The van der Waals surface area contributed by atoms with Crippen LogP contribution in [0, 0.1) is 17.3 Å². The number of benzene rings is 2. The lowest BCUT2D eigenvalue weighted by atomic mass is 9.74. The smallest absolute Gasteiger partial charge is 0.354 e. The van der Waals surface area contributed by atoms with Crippen LogP contribution in [-0.2, 0) is 9.53 Å². The van der Waals surface area contributed by atoms with E-state index in [4.69, 9.17) is 4.74 Å². The number of carbonyl (C=O) groups is 1. The molecule has 2 aromatic rings. The molecule has 0 radical (unpaired) electrons. The van der Waals surface area contributed by atoms with E-state index in [1.807, 2.05) is 81.4 Å². The molecular formula is C21H19NO2. The molecule has 0 amide bonds. The Bertz CT molecular complexity index is 836. The summed E-state index contributed by atoms with van der Waals surface area (Å²) in [5.74, 6) is 6.08. The molecule has 24 heavy (non-hydrogen) atoms. The van der Waals surface area contributed by atoms with Gasteiger partial charge in [0, 0.05) is 16.5 Å². The van der Waals surface area contributed by atoms with Gasteiger partial charge in [0.1, 0.15) is 0 Å². The third kappa shape index (κ3) is 2.83. The van der Waals surface area contributed by atoms with E-state index in [1.165, 1.54) is 0 Å². The van der Waals surface area contributed by atoms with E-state index in [0.29, 0.717) is 5.90 Å². The van der Waals surface area contributed by atoms with Crippen LogP contribution >= 0.6 is 0 Å².